The third-order valence-corrected chi connectivity index (χ3v) is 3.57. The van der Waals surface area contributed by atoms with Crippen LogP contribution in [0.5, 0.6) is 0 Å². The number of halogens is 1. The van der Waals surface area contributed by atoms with Crippen molar-refractivity contribution < 1.29 is 8.42 Å². The molecule has 0 amide bonds. The minimum atomic E-state index is -3.65. The van der Waals surface area contributed by atoms with Crippen LogP contribution in [0.4, 0.5) is 11.4 Å². The molecule has 2 aromatic carbocycles. The maximum absolute atomic E-state index is 11.0. The molecular weight excluding hydrogens is 258 g/mol. The van der Waals surface area contributed by atoms with E-state index in [1.807, 2.05) is 30.3 Å². The average molecular weight is 268 g/mol. The fourth-order valence-electron chi connectivity index (χ4n) is 1.39. The highest BCUT2D eigenvalue weighted by molar-refractivity contribution is 8.13. The summed E-state index contributed by atoms with van der Waals surface area (Å²) in [6.07, 6.45) is 0. The number of para-hydroxylation sites is 1. The molecule has 0 spiro atoms. The third kappa shape index (κ3) is 3.22. The smallest absolute Gasteiger partial charge is 0.261 e. The molecule has 0 bridgehead atoms. The van der Waals surface area contributed by atoms with E-state index in [1.165, 1.54) is 12.1 Å². The molecule has 0 fully saturated rings. The number of hydrogen-bond acceptors (Lipinski definition) is 3. The summed E-state index contributed by atoms with van der Waals surface area (Å²) < 4.78 is 22.1. The fourth-order valence-corrected chi connectivity index (χ4v) is 2.16. The highest BCUT2D eigenvalue weighted by Crippen LogP contribution is 2.20. The summed E-state index contributed by atoms with van der Waals surface area (Å²) in [5.74, 6) is 0. The summed E-state index contributed by atoms with van der Waals surface area (Å²) in [7, 11) is 1.57. The molecule has 0 atom stereocenters. The van der Waals surface area contributed by atoms with Gasteiger partial charge in [0.1, 0.15) is 0 Å². The van der Waals surface area contributed by atoms with Gasteiger partial charge in [0, 0.05) is 22.1 Å². The van der Waals surface area contributed by atoms with Crippen molar-refractivity contribution in [2.75, 3.05) is 5.32 Å². The van der Waals surface area contributed by atoms with Crippen molar-refractivity contribution in [1.82, 2.24) is 0 Å². The second-order valence-corrected chi connectivity index (χ2v) is 6.02. The number of benzene rings is 2. The summed E-state index contributed by atoms with van der Waals surface area (Å²) in [6.45, 7) is 0. The molecule has 0 aliphatic heterocycles. The first-order valence-electron chi connectivity index (χ1n) is 4.92. The Morgan fingerprint density at radius 2 is 1.35 bits per heavy atom. The minimum absolute atomic E-state index is 0.0952. The first kappa shape index (κ1) is 12.0. The van der Waals surface area contributed by atoms with Crippen LogP contribution in [0.3, 0.4) is 0 Å². The molecule has 0 aromatic heterocycles. The van der Waals surface area contributed by atoms with E-state index in [0.29, 0.717) is 0 Å². The van der Waals surface area contributed by atoms with Gasteiger partial charge >= 0.3 is 0 Å². The standard InChI is InChI=1S/C12H10ClNO2S/c13-17(15,16)12-8-6-11(7-9-12)14-10-4-2-1-3-5-10/h1-9,14H. The van der Waals surface area contributed by atoms with Crippen LogP contribution in [-0.2, 0) is 9.05 Å². The van der Waals surface area contributed by atoms with E-state index in [2.05, 4.69) is 5.32 Å². The second-order valence-electron chi connectivity index (χ2n) is 3.45. The van der Waals surface area contributed by atoms with Gasteiger partial charge in [-0.05, 0) is 36.4 Å². The third-order valence-electron chi connectivity index (χ3n) is 2.20. The normalized spacial score (nSPS) is 11.1. The molecule has 2 aromatic rings. The maximum Gasteiger partial charge on any atom is 0.261 e. The van der Waals surface area contributed by atoms with Crippen LogP contribution in [0.2, 0.25) is 0 Å². The quantitative estimate of drug-likeness (QED) is 0.868. The molecule has 3 nitrogen and oxygen atoms in total. The van der Waals surface area contributed by atoms with Gasteiger partial charge in [0.05, 0.1) is 4.90 Å². The van der Waals surface area contributed by atoms with Crippen molar-refractivity contribution in [3.8, 4) is 0 Å². The van der Waals surface area contributed by atoms with Crippen LogP contribution in [-0.4, -0.2) is 8.42 Å². The minimum Gasteiger partial charge on any atom is -0.356 e. The molecule has 17 heavy (non-hydrogen) atoms. The van der Waals surface area contributed by atoms with Crippen molar-refractivity contribution in [1.29, 1.82) is 0 Å². The number of rotatable bonds is 3. The Kier molecular flexibility index (Phi) is 3.36. The largest absolute Gasteiger partial charge is 0.356 e. The van der Waals surface area contributed by atoms with E-state index < -0.39 is 9.05 Å². The molecule has 0 aliphatic rings. The Morgan fingerprint density at radius 1 is 0.824 bits per heavy atom. The lowest BCUT2D eigenvalue weighted by atomic mass is 10.3. The van der Waals surface area contributed by atoms with Crippen molar-refractivity contribution in [3.63, 3.8) is 0 Å². The highest BCUT2D eigenvalue weighted by Gasteiger charge is 2.08. The zero-order chi connectivity index (χ0) is 12.3. The van der Waals surface area contributed by atoms with E-state index in [-0.39, 0.29) is 4.90 Å². The van der Waals surface area contributed by atoms with E-state index in [4.69, 9.17) is 10.7 Å². The zero-order valence-electron chi connectivity index (χ0n) is 8.80. The first-order chi connectivity index (χ1) is 8.05. The monoisotopic (exact) mass is 267 g/mol. The number of anilines is 2. The predicted molar refractivity (Wildman–Crippen MR) is 69.2 cm³/mol. The van der Waals surface area contributed by atoms with E-state index in [1.54, 1.807) is 12.1 Å². The lowest BCUT2D eigenvalue weighted by Crippen LogP contribution is -1.92. The summed E-state index contributed by atoms with van der Waals surface area (Å²) >= 11 is 0. The van der Waals surface area contributed by atoms with Crippen molar-refractivity contribution in [3.05, 3.63) is 54.6 Å². The van der Waals surface area contributed by atoms with E-state index in [9.17, 15) is 8.42 Å². The van der Waals surface area contributed by atoms with Gasteiger partial charge in [-0.3, -0.25) is 0 Å². The molecule has 1 N–H and O–H groups in total. The van der Waals surface area contributed by atoms with Gasteiger partial charge in [-0.25, -0.2) is 8.42 Å². The molecular formula is C12H10ClNO2S. The van der Waals surface area contributed by atoms with Gasteiger partial charge in [-0.15, -0.1) is 0 Å². The number of nitrogens with one attached hydrogen (secondary N) is 1. The Labute approximate surface area is 104 Å². The summed E-state index contributed by atoms with van der Waals surface area (Å²) in [4.78, 5) is 0.0952. The Morgan fingerprint density at radius 3 is 1.88 bits per heavy atom. The molecule has 0 aliphatic carbocycles. The molecule has 0 unspecified atom stereocenters. The predicted octanol–water partition coefficient (Wildman–Crippen LogP) is 3.36. The molecule has 0 saturated heterocycles. The van der Waals surface area contributed by atoms with Gasteiger partial charge in [0.2, 0.25) is 0 Å². The number of hydrogen-bond donors (Lipinski definition) is 1. The highest BCUT2D eigenvalue weighted by atomic mass is 35.7. The molecule has 5 heteroatoms. The van der Waals surface area contributed by atoms with Gasteiger partial charge in [-0.2, -0.15) is 0 Å². The molecule has 2 rings (SSSR count). The van der Waals surface area contributed by atoms with Gasteiger partial charge in [0.25, 0.3) is 9.05 Å². The van der Waals surface area contributed by atoms with Crippen LogP contribution >= 0.6 is 10.7 Å². The molecule has 0 saturated carbocycles. The zero-order valence-corrected chi connectivity index (χ0v) is 10.4. The molecule has 88 valence electrons. The Bertz CT molecular complexity index is 594. The molecule has 0 heterocycles. The SMILES string of the molecule is O=S(=O)(Cl)c1ccc(Nc2ccccc2)cc1. The maximum atomic E-state index is 11.0. The second kappa shape index (κ2) is 4.77. The van der Waals surface area contributed by atoms with Crippen LogP contribution in [0, 0.1) is 0 Å². The van der Waals surface area contributed by atoms with Crippen molar-refractivity contribution in [2.24, 2.45) is 0 Å². The van der Waals surface area contributed by atoms with E-state index in [0.717, 1.165) is 11.4 Å². The fraction of sp³-hybridized carbons (Fsp3) is 0. The summed E-state index contributed by atoms with van der Waals surface area (Å²) in [5.41, 5.74) is 1.74. The van der Waals surface area contributed by atoms with Crippen LogP contribution < -0.4 is 5.32 Å². The molecule has 0 radical (unpaired) electrons. The van der Waals surface area contributed by atoms with Gasteiger partial charge in [0.15, 0.2) is 0 Å². The van der Waals surface area contributed by atoms with Crippen molar-refractivity contribution in [2.45, 2.75) is 4.90 Å². The lowest BCUT2D eigenvalue weighted by molar-refractivity contribution is 0.609. The van der Waals surface area contributed by atoms with Gasteiger partial charge < -0.3 is 5.32 Å². The summed E-state index contributed by atoms with van der Waals surface area (Å²) in [5, 5.41) is 3.14. The lowest BCUT2D eigenvalue weighted by Gasteiger charge is -2.06. The van der Waals surface area contributed by atoms with Crippen LogP contribution in [0.25, 0.3) is 0 Å². The summed E-state index contributed by atoms with van der Waals surface area (Å²) in [6, 6.07) is 15.9. The van der Waals surface area contributed by atoms with Gasteiger partial charge in [-0.1, -0.05) is 18.2 Å². The Hall–Kier alpha value is -1.52. The van der Waals surface area contributed by atoms with E-state index >= 15 is 0 Å². The topological polar surface area (TPSA) is 46.2 Å². The van der Waals surface area contributed by atoms with Crippen LogP contribution in [0.1, 0.15) is 0 Å². The average Bonchev–Trinajstić information content (AvgIpc) is 2.30. The Balaban J connectivity index is 2.20. The van der Waals surface area contributed by atoms with Crippen molar-refractivity contribution >= 4 is 31.1 Å². The van der Waals surface area contributed by atoms with Crippen LogP contribution in [0.15, 0.2) is 59.5 Å². The first-order valence-corrected chi connectivity index (χ1v) is 7.23.